The number of nitrogens with zero attached hydrogens (tertiary/aromatic N) is 1. The lowest BCUT2D eigenvalue weighted by atomic mass is 10.1. The summed E-state index contributed by atoms with van der Waals surface area (Å²) in [4.78, 5) is 4.12. The summed E-state index contributed by atoms with van der Waals surface area (Å²) in [7, 11) is 0. The van der Waals surface area contributed by atoms with Gasteiger partial charge in [0.25, 0.3) is 0 Å². The van der Waals surface area contributed by atoms with E-state index in [0.29, 0.717) is 23.4 Å². The average Bonchev–Trinajstić information content (AvgIpc) is 2.69. The van der Waals surface area contributed by atoms with Crippen LogP contribution in [-0.4, -0.2) is 24.7 Å². The first-order valence-corrected chi connectivity index (χ1v) is 6.07. The Bertz CT molecular complexity index is 342. The molecule has 0 spiro atoms. The minimum Gasteiger partial charge on any atom is -0.477 e. The van der Waals surface area contributed by atoms with Gasteiger partial charge in [-0.25, -0.2) is 4.98 Å². The molecule has 1 unspecified atom stereocenters. The summed E-state index contributed by atoms with van der Waals surface area (Å²) >= 11 is 9.16. The molecule has 1 atom stereocenters. The molecule has 1 fully saturated rings. The molecular formula is C10H12BrClN2O. The first-order chi connectivity index (χ1) is 7.25. The Kier molecular flexibility index (Phi) is 3.83. The quantitative estimate of drug-likeness (QED) is 0.929. The van der Waals surface area contributed by atoms with Gasteiger partial charge in [-0.05, 0) is 35.0 Å². The van der Waals surface area contributed by atoms with Crippen molar-refractivity contribution in [2.45, 2.75) is 6.42 Å². The average molecular weight is 292 g/mol. The van der Waals surface area contributed by atoms with Crippen molar-refractivity contribution in [1.82, 2.24) is 10.3 Å². The van der Waals surface area contributed by atoms with Crippen molar-refractivity contribution in [2.24, 2.45) is 5.92 Å². The van der Waals surface area contributed by atoms with Gasteiger partial charge in [0.1, 0.15) is 0 Å². The van der Waals surface area contributed by atoms with Crippen LogP contribution in [0.2, 0.25) is 5.02 Å². The summed E-state index contributed by atoms with van der Waals surface area (Å²) in [5.74, 6) is 1.21. The fraction of sp³-hybridized carbons (Fsp3) is 0.500. The molecule has 0 saturated carbocycles. The molecule has 5 heteroatoms. The SMILES string of the molecule is Clc1cnc(OCC2CCNC2)c(Br)c1. The second-order valence-corrected chi connectivity index (χ2v) is 4.90. The van der Waals surface area contributed by atoms with E-state index in [-0.39, 0.29) is 0 Å². The van der Waals surface area contributed by atoms with Crippen LogP contribution in [-0.2, 0) is 0 Å². The van der Waals surface area contributed by atoms with Gasteiger partial charge in [0, 0.05) is 18.7 Å². The molecule has 0 aliphatic carbocycles. The van der Waals surface area contributed by atoms with Crippen LogP contribution in [0.1, 0.15) is 6.42 Å². The molecule has 1 aromatic heterocycles. The van der Waals surface area contributed by atoms with E-state index in [1.165, 1.54) is 6.42 Å². The normalized spacial score (nSPS) is 20.5. The van der Waals surface area contributed by atoms with Crippen molar-refractivity contribution >= 4 is 27.5 Å². The van der Waals surface area contributed by atoms with Gasteiger partial charge in [-0.3, -0.25) is 0 Å². The van der Waals surface area contributed by atoms with Gasteiger partial charge < -0.3 is 10.1 Å². The lowest BCUT2D eigenvalue weighted by Crippen LogP contribution is -2.16. The zero-order valence-electron chi connectivity index (χ0n) is 8.17. The van der Waals surface area contributed by atoms with Crippen molar-refractivity contribution in [3.05, 3.63) is 21.8 Å². The maximum atomic E-state index is 5.79. The van der Waals surface area contributed by atoms with E-state index in [4.69, 9.17) is 16.3 Å². The topological polar surface area (TPSA) is 34.1 Å². The van der Waals surface area contributed by atoms with Crippen LogP contribution in [0.5, 0.6) is 5.88 Å². The van der Waals surface area contributed by atoms with Crippen molar-refractivity contribution in [3.8, 4) is 5.88 Å². The van der Waals surface area contributed by atoms with E-state index in [0.717, 1.165) is 17.6 Å². The van der Waals surface area contributed by atoms with Gasteiger partial charge in [0.2, 0.25) is 5.88 Å². The molecular weight excluding hydrogens is 279 g/mol. The molecule has 15 heavy (non-hydrogen) atoms. The summed E-state index contributed by atoms with van der Waals surface area (Å²) < 4.78 is 6.43. The van der Waals surface area contributed by atoms with Crippen LogP contribution >= 0.6 is 27.5 Å². The summed E-state index contributed by atoms with van der Waals surface area (Å²) in [6.45, 7) is 2.83. The van der Waals surface area contributed by atoms with Crippen LogP contribution in [0, 0.1) is 5.92 Å². The Morgan fingerprint density at radius 3 is 3.20 bits per heavy atom. The van der Waals surface area contributed by atoms with E-state index in [2.05, 4.69) is 26.2 Å². The summed E-state index contributed by atoms with van der Waals surface area (Å²) in [6.07, 6.45) is 2.76. The van der Waals surface area contributed by atoms with Crippen LogP contribution in [0.4, 0.5) is 0 Å². The van der Waals surface area contributed by atoms with Crippen molar-refractivity contribution in [1.29, 1.82) is 0 Å². The van der Waals surface area contributed by atoms with Crippen molar-refractivity contribution in [2.75, 3.05) is 19.7 Å². The third-order valence-electron chi connectivity index (χ3n) is 2.39. The van der Waals surface area contributed by atoms with Gasteiger partial charge in [-0.15, -0.1) is 0 Å². The van der Waals surface area contributed by atoms with Crippen LogP contribution < -0.4 is 10.1 Å². The molecule has 2 heterocycles. The lowest BCUT2D eigenvalue weighted by Gasteiger charge is -2.10. The second-order valence-electron chi connectivity index (χ2n) is 3.61. The molecule has 0 bridgehead atoms. The fourth-order valence-electron chi connectivity index (χ4n) is 1.56. The van der Waals surface area contributed by atoms with E-state index >= 15 is 0 Å². The van der Waals surface area contributed by atoms with Gasteiger partial charge in [-0.2, -0.15) is 0 Å². The monoisotopic (exact) mass is 290 g/mol. The van der Waals surface area contributed by atoms with Gasteiger partial charge >= 0.3 is 0 Å². The smallest absolute Gasteiger partial charge is 0.228 e. The number of aromatic nitrogens is 1. The summed E-state index contributed by atoms with van der Waals surface area (Å²) in [6, 6.07) is 1.79. The zero-order valence-corrected chi connectivity index (χ0v) is 10.5. The zero-order chi connectivity index (χ0) is 10.7. The Labute approximate surface area is 102 Å². The molecule has 1 aliphatic rings. The molecule has 0 aromatic carbocycles. The van der Waals surface area contributed by atoms with Crippen molar-refractivity contribution in [3.63, 3.8) is 0 Å². The minimum absolute atomic E-state index is 0.592. The predicted octanol–water partition coefficient (Wildman–Crippen LogP) is 2.49. The van der Waals surface area contributed by atoms with Gasteiger partial charge in [-0.1, -0.05) is 11.6 Å². The van der Waals surface area contributed by atoms with Crippen molar-refractivity contribution < 1.29 is 4.74 Å². The number of hydrogen-bond acceptors (Lipinski definition) is 3. The predicted molar refractivity (Wildman–Crippen MR) is 63.4 cm³/mol. The number of rotatable bonds is 3. The minimum atomic E-state index is 0.592. The van der Waals surface area contributed by atoms with E-state index in [1.54, 1.807) is 12.3 Å². The molecule has 2 rings (SSSR count). The Morgan fingerprint density at radius 2 is 2.53 bits per heavy atom. The first kappa shape index (κ1) is 11.2. The first-order valence-electron chi connectivity index (χ1n) is 4.90. The molecule has 1 N–H and O–H groups in total. The number of halogens is 2. The highest BCUT2D eigenvalue weighted by atomic mass is 79.9. The maximum absolute atomic E-state index is 5.79. The molecule has 3 nitrogen and oxygen atoms in total. The molecule has 1 aliphatic heterocycles. The van der Waals surface area contributed by atoms with Gasteiger partial charge in [0.05, 0.1) is 16.1 Å². The number of pyridine rings is 1. The van der Waals surface area contributed by atoms with Crippen LogP contribution in [0.25, 0.3) is 0 Å². The number of ether oxygens (including phenoxy) is 1. The highest BCUT2D eigenvalue weighted by molar-refractivity contribution is 9.10. The Hall–Kier alpha value is -0.320. The molecule has 0 amide bonds. The standard InChI is InChI=1S/C10H12BrClN2O/c11-9-3-8(12)5-14-10(9)15-6-7-1-2-13-4-7/h3,5,7,13H,1-2,4,6H2. The van der Waals surface area contributed by atoms with E-state index in [1.807, 2.05) is 0 Å². The van der Waals surface area contributed by atoms with Gasteiger partial charge in [0.15, 0.2) is 0 Å². The largest absolute Gasteiger partial charge is 0.477 e. The Balaban J connectivity index is 1.92. The number of nitrogens with one attached hydrogen (secondary N) is 1. The fourth-order valence-corrected chi connectivity index (χ4v) is 2.31. The summed E-state index contributed by atoms with van der Waals surface area (Å²) in [5.41, 5.74) is 0. The third-order valence-corrected chi connectivity index (χ3v) is 3.17. The van der Waals surface area contributed by atoms with Crippen LogP contribution in [0.3, 0.4) is 0 Å². The highest BCUT2D eigenvalue weighted by Gasteiger charge is 2.15. The molecule has 1 saturated heterocycles. The molecule has 0 radical (unpaired) electrons. The molecule has 82 valence electrons. The summed E-state index contributed by atoms with van der Waals surface area (Å²) in [5, 5.41) is 3.91. The number of hydrogen-bond donors (Lipinski definition) is 1. The maximum Gasteiger partial charge on any atom is 0.228 e. The second kappa shape index (κ2) is 5.14. The third kappa shape index (κ3) is 3.06. The lowest BCUT2D eigenvalue weighted by molar-refractivity contribution is 0.249. The van der Waals surface area contributed by atoms with E-state index < -0.39 is 0 Å². The Morgan fingerprint density at radius 1 is 1.67 bits per heavy atom. The van der Waals surface area contributed by atoms with E-state index in [9.17, 15) is 0 Å². The molecule has 1 aromatic rings. The highest BCUT2D eigenvalue weighted by Crippen LogP contribution is 2.25. The van der Waals surface area contributed by atoms with Crippen LogP contribution in [0.15, 0.2) is 16.7 Å².